The molecule has 146 valence electrons. The first-order valence-electron chi connectivity index (χ1n) is 8.75. The van der Waals surface area contributed by atoms with Crippen LogP contribution >= 0.6 is 0 Å². The van der Waals surface area contributed by atoms with Gasteiger partial charge in [-0.15, -0.1) is 5.10 Å². The molecule has 0 amide bonds. The van der Waals surface area contributed by atoms with Crippen molar-refractivity contribution in [3.05, 3.63) is 96.6 Å². The Labute approximate surface area is 167 Å². The predicted octanol–water partition coefficient (Wildman–Crippen LogP) is 4.06. The molecule has 3 rings (SSSR count). The first kappa shape index (κ1) is 19.6. The summed E-state index contributed by atoms with van der Waals surface area (Å²) in [5.41, 5.74) is 1.17. The molecule has 0 saturated carbocycles. The van der Waals surface area contributed by atoms with E-state index in [4.69, 9.17) is 5.11 Å². The molecule has 3 aromatic rings. The van der Waals surface area contributed by atoms with E-state index < -0.39 is 5.97 Å². The van der Waals surface area contributed by atoms with Crippen molar-refractivity contribution in [3.63, 3.8) is 0 Å². The van der Waals surface area contributed by atoms with Crippen LogP contribution in [0.2, 0.25) is 0 Å². The fraction of sp³-hybridized carbons (Fsp3) is 0.0455. The van der Waals surface area contributed by atoms with Crippen molar-refractivity contribution in [2.24, 2.45) is 0 Å². The predicted molar refractivity (Wildman–Crippen MR) is 109 cm³/mol. The number of nitrogens with zero attached hydrogens (tertiary/aromatic N) is 3. The molecule has 0 unspecified atom stereocenters. The zero-order chi connectivity index (χ0) is 20.8. The monoisotopic (exact) mass is 389 g/mol. The van der Waals surface area contributed by atoms with Crippen LogP contribution in [0.4, 0.5) is 0 Å². The molecule has 0 aliphatic rings. The Morgan fingerprint density at radius 3 is 2.45 bits per heavy atom. The third-order valence-corrected chi connectivity index (χ3v) is 4.05. The van der Waals surface area contributed by atoms with E-state index in [1.165, 1.54) is 29.0 Å². The van der Waals surface area contributed by atoms with E-state index in [0.717, 1.165) is 0 Å². The summed E-state index contributed by atoms with van der Waals surface area (Å²) < 4.78 is 1.51. The third-order valence-electron chi connectivity index (χ3n) is 4.05. The van der Waals surface area contributed by atoms with Gasteiger partial charge in [-0.2, -0.15) is 0 Å². The molecular formula is C22H19N3O4. The third kappa shape index (κ3) is 4.59. The van der Waals surface area contributed by atoms with Gasteiger partial charge in [0.1, 0.15) is 11.6 Å². The van der Waals surface area contributed by atoms with Gasteiger partial charge in [0.2, 0.25) is 0 Å². The highest BCUT2D eigenvalue weighted by Crippen LogP contribution is 2.27. The Kier molecular flexibility index (Phi) is 5.89. The lowest BCUT2D eigenvalue weighted by Crippen LogP contribution is -2.05. The molecule has 1 aromatic heterocycles. The van der Waals surface area contributed by atoms with Gasteiger partial charge in [-0.25, -0.2) is 14.5 Å². The number of benzene rings is 2. The van der Waals surface area contributed by atoms with Gasteiger partial charge in [-0.1, -0.05) is 36.9 Å². The topological polar surface area (TPSA) is 108 Å². The quantitative estimate of drug-likeness (QED) is 0.415. The van der Waals surface area contributed by atoms with E-state index >= 15 is 0 Å². The molecule has 0 fully saturated rings. The zero-order valence-electron chi connectivity index (χ0n) is 15.4. The van der Waals surface area contributed by atoms with Gasteiger partial charge in [0.25, 0.3) is 0 Å². The van der Waals surface area contributed by atoms with Gasteiger partial charge < -0.3 is 15.3 Å². The number of aromatic carboxylic acids is 1. The minimum atomic E-state index is -1.03. The smallest absolute Gasteiger partial charge is 0.335 e. The van der Waals surface area contributed by atoms with E-state index in [9.17, 15) is 15.0 Å². The average molecular weight is 389 g/mol. The molecule has 0 spiro atoms. The number of carboxylic acid groups (broad SMARTS) is 1. The van der Waals surface area contributed by atoms with Crippen LogP contribution in [0.15, 0.2) is 85.2 Å². The number of hydrogen-bond acceptors (Lipinski definition) is 5. The number of allylic oxidation sites excluding steroid dienone is 5. The SMILES string of the molecule is C=C/C=C\C=C(\O)Cc1nc(-c2ccccc2O)nn1-c1ccc(C(=O)O)cc1. The minimum Gasteiger partial charge on any atom is -0.512 e. The molecule has 0 saturated heterocycles. The standard InChI is InChI=1S/C22H19N3O4/c1-2-3-4-7-17(26)14-20-23-21(18-8-5-6-9-19(18)27)24-25(20)16-12-10-15(11-13-16)22(28)29/h2-13,26-27H,1,14H2,(H,28,29)/b4-3-,17-7+. The van der Waals surface area contributed by atoms with Crippen LogP contribution in [0.3, 0.4) is 0 Å². The summed E-state index contributed by atoms with van der Waals surface area (Å²) in [4.78, 5) is 15.6. The summed E-state index contributed by atoms with van der Waals surface area (Å²) in [5, 5.41) is 33.9. The maximum atomic E-state index is 11.1. The molecule has 0 bridgehead atoms. The van der Waals surface area contributed by atoms with Crippen molar-refractivity contribution in [2.45, 2.75) is 6.42 Å². The Morgan fingerprint density at radius 2 is 1.79 bits per heavy atom. The largest absolute Gasteiger partial charge is 0.512 e. The van der Waals surface area contributed by atoms with Crippen LogP contribution in [-0.2, 0) is 6.42 Å². The lowest BCUT2D eigenvalue weighted by Gasteiger charge is -2.06. The van der Waals surface area contributed by atoms with Crippen LogP contribution in [0.25, 0.3) is 17.1 Å². The van der Waals surface area contributed by atoms with Gasteiger partial charge in [0.15, 0.2) is 5.82 Å². The minimum absolute atomic E-state index is 0.0334. The fourth-order valence-corrected chi connectivity index (χ4v) is 2.65. The average Bonchev–Trinajstić information content (AvgIpc) is 3.12. The molecule has 1 heterocycles. The molecule has 0 radical (unpaired) electrons. The molecule has 2 aromatic carbocycles. The number of aliphatic hydroxyl groups is 1. The summed E-state index contributed by atoms with van der Waals surface area (Å²) in [5.74, 6) is -0.226. The highest BCUT2D eigenvalue weighted by Gasteiger charge is 2.17. The maximum absolute atomic E-state index is 11.1. The second-order valence-electron chi connectivity index (χ2n) is 6.09. The highest BCUT2D eigenvalue weighted by atomic mass is 16.4. The van der Waals surface area contributed by atoms with Gasteiger partial charge >= 0.3 is 5.97 Å². The van der Waals surface area contributed by atoms with Gasteiger partial charge in [-0.05, 0) is 42.5 Å². The molecule has 3 N–H and O–H groups in total. The van der Waals surface area contributed by atoms with E-state index in [1.54, 1.807) is 48.6 Å². The second kappa shape index (κ2) is 8.71. The fourth-order valence-electron chi connectivity index (χ4n) is 2.65. The summed E-state index contributed by atoms with van der Waals surface area (Å²) in [7, 11) is 0. The van der Waals surface area contributed by atoms with Crippen LogP contribution < -0.4 is 0 Å². The summed E-state index contributed by atoms with van der Waals surface area (Å²) in [6.45, 7) is 3.57. The molecular weight excluding hydrogens is 370 g/mol. The molecule has 29 heavy (non-hydrogen) atoms. The molecule has 7 heteroatoms. The van der Waals surface area contributed by atoms with E-state index in [1.807, 2.05) is 0 Å². The maximum Gasteiger partial charge on any atom is 0.335 e. The van der Waals surface area contributed by atoms with Gasteiger partial charge in [0.05, 0.1) is 29.0 Å². The van der Waals surface area contributed by atoms with E-state index in [2.05, 4.69) is 16.7 Å². The lowest BCUT2D eigenvalue weighted by molar-refractivity contribution is 0.0697. The summed E-state index contributed by atoms with van der Waals surface area (Å²) >= 11 is 0. The van der Waals surface area contributed by atoms with E-state index in [-0.39, 0.29) is 29.3 Å². The number of rotatable bonds is 7. The van der Waals surface area contributed by atoms with Crippen LogP contribution in [-0.4, -0.2) is 36.1 Å². The normalized spacial score (nSPS) is 11.7. The lowest BCUT2D eigenvalue weighted by atomic mass is 10.2. The number of phenols is 1. The summed E-state index contributed by atoms with van der Waals surface area (Å²) in [6.07, 6.45) is 6.52. The van der Waals surface area contributed by atoms with Crippen LogP contribution in [0.5, 0.6) is 5.75 Å². The Morgan fingerprint density at radius 1 is 1.07 bits per heavy atom. The number of hydrogen-bond donors (Lipinski definition) is 3. The van der Waals surface area contributed by atoms with Crippen LogP contribution in [0, 0.1) is 0 Å². The van der Waals surface area contributed by atoms with Crippen molar-refractivity contribution in [3.8, 4) is 22.8 Å². The molecule has 0 aliphatic heterocycles. The van der Waals surface area contributed by atoms with Crippen molar-refractivity contribution >= 4 is 5.97 Å². The Balaban J connectivity index is 2.06. The van der Waals surface area contributed by atoms with Crippen LogP contribution in [0.1, 0.15) is 16.2 Å². The van der Waals surface area contributed by atoms with Crippen molar-refractivity contribution < 1.29 is 20.1 Å². The van der Waals surface area contributed by atoms with Crippen molar-refractivity contribution in [2.75, 3.05) is 0 Å². The number of aliphatic hydroxyl groups excluding tert-OH is 1. The van der Waals surface area contributed by atoms with E-state index in [0.29, 0.717) is 17.1 Å². The first-order valence-corrected chi connectivity index (χ1v) is 8.75. The molecule has 7 nitrogen and oxygen atoms in total. The number of aromatic hydroxyl groups is 1. The molecule has 0 aliphatic carbocycles. The Hall–Kier alpha value is -4.13. The number of carbonyl (C=O) groups is 1. The molecule has 0 atom stereocenters. The number of phenolic OH excluding ortho intramolecular Hbond substituents is 1. The zero-order valence-corrected chi connectivity index (χ0v) is 15.4. The van der Waals surface area contributed by atoms with Gasteiger partial charge in [-0.3, -0.25) is 0 Å². The Bertz CT molecular complexity index is 1100. The first-order chi connectivity index (χ1) is 14.0. The highest BCUT2D eigenvalue weighted by molar-refractivity contribution is 5.87. The van der Waals surface area contributed by atoms with Gasteiger partial charge in [0, 0.05) is 0 Å². The summed E-state index contributed by atoms with van der Waals surface area (Å²) in [6, 6.07) is 12.8. The number of aromatic nitrogens is 3. The number of carboxylic acids is 1. The number of para-hydroxylation sites is 1. The van der Waals surface area contributed by atoms with Crippen molar-refractivity contribution in [1.29, 1.82) is 0 Å². The second-order valence-corrected chi connectivity index (χ2v) is 6.09. The van der Waals surface area contributed by atoms with Crippen molar-refractivity contribution in [1.82, 2.24) is 14.8 Å².